The van der Waals surface area contributed by atoms with E-state index in [0.717, 1.165) is 25.7 Å². The first-order valence-electron chi connectivity index (χ1n) is 23.3. The van der Waals surface area contributed by atoms with Crippen LogP contribution in [0.25, 0.3) is 0 Å². The van der Waals surface area contributed by atoms with Gasteiger partial charge in [-0.15, -0.1) is 23.2 Å². The number of Topliss-reactive ketones (excluding diaryl/α,β-unsaturated/α-hetero) is 4. The summed E-state index contributed by atoms with van der Waals surface area (Å²) in [7, 11) is 0. The fourth-order valence-electron chi connectivity index (χ4n) is 7.19. The molecule has 6 heteroatoms. The lowest BCUT2D eigenvalue weighted by Crippen LogP contribution is -2.20. The highest BCUT2D eigenvalue weighted by atomic mass is 35.5. The van der Waals surface area contributed by atoms with Crippen molar-refractivity contribution < 1.29 is 19.2 Å². The van der Waals surface area contributed by atoms with Crippen LogP contribution in [0.1, 0.15) is 234 Å². The lowest BCUT2D eigenvalue weighted by Gasteiger charge is -2.15. The summed E-state index contributed by atoms with van der Waals surface area (Å²) in [5.41, 5.74) is 1.21. The van der Waals surface area contributed by atoms with Crippen molar-refractivity contribution in [2.24, 2.45) is 0 Å². The molecule has 0 amide bonds. The van der Waals surface area contributed by atoms with Crippen molar-refractivity contribution in [2.45, 2.75) is 224 Å². The van der Waals surface area contributed by atoms with Gasteiger partial charge >= 0.3 is 0 Å². The third-order valence-corrected chi connectivity index (χ3v) is 12.0. The Morgan fingerprint density at radius 2 is 0.719 bits per heavy atom. The number of halogens is 2. The third-order valence-electron chi connectivity index (χ3n) is 10.9. The quantitative estimate of drug-likeness (QED) is 0.0294. The Labute approximate surface area is 359 Å². The van der Waals surface area contributed by atoms with Gasteiger partial charge in [0.2, 0.25) is 0 Å². The molecular formula is C51H80Cl2O4. The summed E-state index contributed by atoms with van der Waals surface area (Å²) in [5.74, 6) is -0.255. The largest absolute Gasteiger partial charge is 0.299 e. The van der Waals surface area contributed by atoms with E-state index < -0.39 is 5.38 Å². The van der Waals surface area contributed by atoms with Crippen LogP contribution in [-0.2, 0) is 9.59 Å². The Balaban J connectivity index is 0.000000573. The maximum absolute atomic E-state index is 12.2. The standard InChI is InChI=1S/C26H40Cl2O2.C25H40O2/c1-2-3-4-5-6-7-8-9-10-11-12-16-19-24(27)25(28)20-23(29)21-26(30)22-17-14-13-15-18-22;1-2-3-4-5-6-7-8-9-10-11-12-13-14-18-21-24(26)22-25(27)23-19-16-15-17-20-23/h13-15,17-18,24-25H,2-12,16,19-21H2,1H3;15-17,19-20H,2-14,18,21-22H2,1H3. The van der Waals surface area contributed by atoms with Crippen LogP contribution in [0, 0.1) is 0 Å². The van der Waals surface area contributed by atoms with Gasteiger partial charge in [0.1, 0.15) is 11.6 Å². The number of unbranched alkanes of at least 4 members (excludes halogenated alkanes) is 24. The third kappa shape index (κ3) is 31.3. The number of carbonyl (C=O) groups is 4. The number of hydrogen-bond donors (Lipinski definition) is 0. The predicted molar refractivity (Wildman–Crippen MR) is 245 cm³/mol. The van der Waals surface area contributed by atoms with Crippen LogP contribution >= 0.6 is 23.2 Å². The van der Waals surface area contributed by atoms with E-state index in [0.29, 0.717) is 17.5 Å². The fourth-order valence-corrected chi connectivity index (χ4v) is 7.74. The lowest BCUT2D eigenvalue weighted by atomic mass is 10.0. The molecule has 0 spiro atoms. The molecule has 0 aliphatic rings. The van der Waals surface area contributed by atoms with Gasteiger partial charge in [0.05, 0.1) is 23.6 Å². The van der Waals surface area contributed by atoms with Crippen molar-refractivity contribution in [3.8, 4) is 0 Å². The van der Waals surface area contributed by atoms with Gasteiger partial charge in [-0.05, 0) is 12.8 Å². The molecule has 0 saturated carbocycles. The molecule has 2 rings (SSSR count). The zero-order chi connectivity index (χ0) is 41.6. The molecule has 0 aliphatic carbocycles. The van der Waals surface area contributed by atoms with E-state index >= 15 is 0 Å². The fraction of sp³-hybridized carbons (Fsp3) is 0.686. The highest BCUT2D eigenvalue weighted by Crippen LogP contribution is 2.22. The molecule has 0 fully saturated rings. The maximum atomic E-state index is 12.2. The Morgan fingerprint density at radius 1 is 0.404 bits per heavy atom. The molecule has 57 heavy (non-hydrogen) atoms. The van der Waals surface area contributed by atoms with Gasteiger partial charge in [-0.3, -0.25) is 19.2 Å². The molecule has 0 aliphatic heterocycles. The topological polar surface area (TPSA) is 68.3 Å². The van der Waals surface area contributed by atoms with Gasteiger partial charge in [-0.25, -0.2) is 0 Å². The number of ketones is 4. The average Bonchev–Trinajstić information content (AvgIpc) is 3.22. The first kappa shape index (κ1) is 52.7. The molecule has 2 unspecified atom stereocenters. The van der Waals surface area contributed by atoms with Gasteiger partial charge in [-0.2, -0.15) is 0 Å². The van der Waals surface area contributed by atoms with E-state index in [2.05, 4.69) is 13.8 Å². The van der Waals surface area contributed by atoms with Gasteiger partial charge < -0.3 is 0 Å². The Hall–Kier alpha value is -2.30. The summed E-state index contributed by atoms with van der Waals surface area (Å²) < 4.78 is 0. The molecule has 322 valence electrons. The Morgan fingerprint density at radius 3 is 1.09 bits per heavy atom. The molecule has 0 N–H and O–H groups in total. The second-order valence-electron chi connectivity index (χ2n) is 16.3. The summed E-state index contributed by atoms with van der Waals surface area (Å²) in [6.45, 7) is 4.53. The lowest BCUT2D eigenvalue weighted by molar-refractivity contribution is -0.119. The van der Waals surface area contributed by atoms with Crippen molar-refractivity contribution >= 4 is 46.3 Å². The summed E-state index contributed by atoms with van der Waals surface area (Å²) in [5, 5.41) is -0.624. The van der Waals surface area contributed by atoms with E-state index in [9.17, 15) is 19.2 Å². The van der Waals surface area contributed by atoms with Crippen LogP contribution < -0.4 is 0 Å². The highest BCUT2D eigenvalue weighted by molar-refractivity contribution is 6.31. The Bertz CT molecular complexity index is 1260. The second-order valence-corrected chi connectivity index (χ2v) is 17.4. The van der Waals surface area contributed by atoms with Crippen molar-refractivity contribution in [1.29, 1.82) is 0 Å². The average molecular weight is 828 g/mol. The first-order chi connectivity index (χ1) is 27.8. The summed E-state index contributed by atoms with van der Waals surface area (Å²) >= 11 is 12.7. The van der Waals surface area contributed by atoms with Crippen molar-refractivity contribution in [2.75, 3.05) is 0 Å². The van der Waals surface area contributed by atoms with Gasteiger partial charge in [-0.1, -0.05) is 235 Å². The minimum atomic E-state index is -0.407. The number of benzene rings is 2. The van der Waals surface area contributed by atoms with Crippen molar-refractivity contribution in [3.05, 3.63) is 71.8 Å². The van der Waals surface area contributed by atoms with Crippen LogP contribution in [0.3, 0.4) is 0 Å². The van der Waals surface area contributed by atoms with E-state index in [1.165, 1.54) is 148 Å². The minimum Gasteiger partial charge on any atom is -0.299 e. The van der Waals surface area contributed by atoms with Gasteiger partial charge in [0, 0.05) is 24.0 Å². The Kier molecular flexibility index (Phi) is 35.1. The van der Waals surface area contributed by atoms with E-state index in [1.54, 1.807) is 36.4 Å². The molecule has 2 aromatic carbocycles. The monoisotopic (exact) mass is 827 g/mol. The molecule has 2 aromatic rings. The molecule has 4 nitrogen and oxygen atoms in total. The van der Waals surface area contributed by atoms with E-state index in [4.69, 9.17) is 23.2 Å². The van der Waals surface area contributed by atoms with Crippen LogP contribution in [0.2, 0.25) is 0 Å². The zero-order valence-electron chi connectivity index (χ0n) is 36.2. The summed E-state index contributed by atoms with van der Waals surface area (Å²) in [6, 6.07) is 18.0. The van der Waals surface area contributed by atoms with Crippen LogP contribution in [0.5, 0.6) is 0 Å². The molecule has 0 heterocycles. The zero-order valence-corrected chi connectivity index (χ0v) is 37.7. The smallest absolute Gasteiger partial charge is 0.170 e. The number of alkyl halides is 2. The molecular weight excluding hydrogens is 747 g/mol. The highest BCUT2D eigenvalue weighted by Gasteiger charge is 2.21. The normalized spacial score (nSPS) is 12.1. The maximum Gasteiger partial charge on any atom is 0.170 e. The minimum absolute atomic E-state index is 0.0500. The second kappa shape index (κ2) is 37.9. The van der Waals surface area contributed by atoms with Crippen LogP contribution in [0.15, 0.2) is 60.7 Å². The first-order valence-corrected chi connectivity index (χ1v) is 24.1. The van der Waals surface area contributed by atoms with Crippen LogP contribution in [0.4, 0.5) is 0 Å². The molecule has 0 radical (unpaired) electrons. The molecule has 2 atom stereocenters. The SMILES string of the molecule is CCCCCCCCCCCCCCC(Cl)C(Cl)CC(=O)CC(=O)c1ccccc1.CCCCCCCCCCCCCCCCC(=O)CC(=O)c1ccccc1. The van der Waals surface area contributed by atoms with E-state index in [-0.39, 0.29) is 47.8 Å². The van der Waals surface area contributed by atoms with Crippen molar-refractivity contribution in [3.63, 3.8) is 0 Å². The van der Waals surface area contributed by atoms with Crippen LogP contribution in [-0.4, -0.2) is 33.9 Å². The van der Waals surface area contributed by atoms with Crippen molar-refractivity contribution in [1.82, 2.24) is 0 Å². The summed E-state index contributed by atoms with van der Waals surface area (Å²) in [6.07, 6.45) is 35.6. The number of rotatable bonds is 37. The van der Waals surface area contributed by atoms with Gasteiger partial charge in [0.25, 0.3) is 0 Å². The molecule has 0 aromatic heterocycles. The van der Waals surface area contributed by atoms with E-state index in [1.807, 2.05) is 24.3 Å². The summed E-state index contributed by atoms with van der Waals surface area (Å²) in [4.78, 5) is 48.2. The molecule has 0 saturated heterocycles. The molecule has 0 bridgehead atoms. The number of hydrogen-bond acceptors (Lipinski definition) is 4. The predicted octanol–water partition coefficient (Wildman–Crippen LogP) is 16.2. The van der Waals surface area contributed by atoms with Gasteiger partial charge in [0.15, 0.2) is 11.6 Å². The number of carbonyl (C=O) groups excluding carboxylic acids is 4.